The number of H-pyrrole nitrogens is 1. The van der Waals surface area contributed by atoms with E-state index in [0.717, 1.165) is 81.7 Å². The highest BCUT2D eigenvalue weighted by Gasteiger charge is 2.50. The number of aromatic amines is 1. The maximum Gasteiger partial charge on any atom is 0.296 e. The Labute approximate surface area is 378 Å². The Morgan fingerprint density at radius 1 is 0.985 bits per heavy atom. The molecular formula is C47H56N10O7S. The van der Waals surface area contributed by atoms with Gasteiger partial charge in [0.05, 0.1) is 35.0 Å². The number of ether oxygens (including phenoxy) is 2. The van der Waals surface area contributed by atoms with Gasteiger partial charge in [0.2, 0.25) is 5.88 Å². The zero-order chi connectivity index (χ0) is 44.9. The quantitative estimate of drug-likeness (QED) is 0.0975. The number of carbonyl (C=O) groups is 1. The standard InChI is InChI=1S/C47H56N10O7S/c1-31-5-3-4-6-36(31)42-30-53(2)17-18-55(42)35-26-47(27-35)12-15-54(16-13-47)34-7-8-37(39(24-34)56-19-22-64-46-41(56)23-33-9-14-48-44(33)51-46)45(58)52-65(61,62)43-25-40(57(59)60)38(29-50-43)49-28-32-10-20-63-21-11-32/h3-9,14,23-25,29,32,35,42,49H,10-13,15-22,26-28,30H2,1-2H3,(H,48,51)(H,52,58)/t42-/m0/s1. The first-order valence-corrected chi connectivity index (χ1v) is 24.2. The molecule has 5 aliphatic rings. The number of fused-ring (bicyclic) bond motifs is 2. The van der Waals surface area contributed by atoms with Gasteiger partial charge in [-0.2, -0.15) is 13.4 Å². The van der Waals surface area contributed by atoms with E-state index >= 15 is 0 Å². The second-order valence-corrected chi connectivity index (χ2v) is 20.1. The Balaban J connectivity index is 0.889. The number of piperidine rings is 1. The fourth-order valence-corrected chi connectivity index (χ4v) is 11.6. The Kier molecular flexibility index (Phi) is 11.6. The van der Waals surface area contributed by atoms with Crippen molar-refractivity contribution in [1.82, 2.24) is 29.5 Å². The molecule has 0 radical (unpaired) electrons. The van der Waals surface area contributed by atoms with Crippen molar-refractivity contribution in [2.45, 2.75) is 62.6 Å². The van der Waals surface area contributed by atoms with Gasteiger partial charge in [-0.25, -0.2) is 9.71 Å². The Morgan fingerprint density at radius 3 is 2.57 bits per heavy atom. The highest BCUT2D eigenvalue weighted by atomic mass is 32.2. The summed E-state index contributed by atoms with van der Waals surface area (Å²) in [5, 5.41) is 15.4. The molecule has 2 aromatic carbocycles. The van der Waals surface area contributed by atoms with Crippen LogP contribution < -0.4 is 24.6 Å². The van der Waals surface area contributed by atoms with Gasteiger partial charge >= 0.3 is 0 Å². The predicted molar refractivity (Wildman–Crippen MR) is 248 cm³/mol. The van der Waals surface area contributed by atoms with E-state index < -0.39 is 31.6 Å². The number of rotatable bonds is 11. The number of aromatic nitrogens is 3. The lowest BCUT2D eigenvalue weighted by molar-refractivity contribution is -0.384. The number of sulfonamides is 1. The molecule has 342 valence electrons. The number of piperazine rings is 1. The van der Waals surface area contributed by atoms with Gasteiger partial charge in [0.15, 0.2) is 5.03 Å². The summed E-state index contributed by atoms with van der Waals surface area (Å²) in [7, 11) is -2.43. The molecule has 3 aromatic heterocycles. The number of amides is 1. The minimum absolute atomic E-state index is 0.100. The number of hydrogen-bond donors (Lipinski definition) is 3. The normalized spacial score (nSPS) is 20.9. The fourth-order valence-electron chi connectivity index (χ4n) is 10.7. The number of anilines is 4. The highest BCUT2D eigenvalue weighted by Crippen LogP contribution is 2.53. The predicted octanol–water partition coefficient (Wildman–Crippen LogP) is 6.40. The molecule has 1 aliphatic carbocycles. The molecule has 1 amide bonds. The van der Waals surface area contributed by atoms with Crippen molar-refractivity contribution in [2.24, 2.45) is 11.3 Å². The molecule has 18 heteroatoms. The minimum atomic E-state index is -4.66. The lowest BCUT2D eigenvalue weighted by atomic mass is 9.59. The van der Waals surface area contributed by atoms with Crippen molar-refractivity contribution in [2.75, 3.05) is 87.8 Å². The van der Waals surface area contributed by atoms with E-state index in [4.69, 9.17) is 14.5 Å². The molecule has 3 saturated heterocycles. The van der Waals surface area contributed by atoms with Crippen LogP contribution in [0.15, 0.2) is 78.1 Å². The van der Waals surface area contributed by atoms with Crippen molar-refractivity contribution in [1.29, 1.82) is 0 Å². The van der Waals surface area contributed by atoms with E-state index in [-0.39, 0.29) is 29.2 Å². The third-order valence-electron chi connectivity index (χ3n) is 14.5. The van der Waals surface area contributed by atoms with Crippen LogP contribution in [0.2, 0.25) is 0 Å². The van der Waals surface area contributed by atoms with Gasteiger partial charge in [-0.15, -0.1) is 0 Å². The summed E-state index contributed by atoms with van der Waals surface area (Å²) < 4.78 is 41.3. The smallest absolute Gasteiger partial charge is 0.296 e. The van der Waals surface area contributed by atoms with Gasteiger partial charge in [-0.3, -0.25) is 19.8 Å². The second-order valence-electron chi connectivity index (χ2n) is 18.5. The van der Waals surface area contributed by atoms with Crippen LogP contribution in [0.4, 0.5) is 28.4 Å². The SMILES string of the molecule is Cc1ccccc1[C@@H]1CN(C)CCN1C1CC2(CCN(c3ccc(C(=O)NS(=O)(=O)c4cc([N+](=O)[O-])c(NCC5CCOCC5)cn4)c(N4CCOc5nc6[nH]ccc6cc54)c3)CC2)C1. The molecule has 3 N–H and O–H groups in total. The first-order valence-electron chi connectivity index (χ1n) is 22.7. The third-order valence-corrected chi connectivity index (χ3v) is 15.7. The number of benzene rings is 2. The average molecular weight is 905 g/mol. The van der Waals surface area contributed by atoms with Gasteiger partial charge in [-0.1, -0.05) is 24.3 Å². The molecule has 1 saturated carbocycles. The summed E-state index contributed by atoms with van der Waals surface area (Å²) in [5.74, 6) is -0.253. The van der Waals surface area contributed by atoms with E-state index in [9.17, 15) is 23.3 Å². The number of likely N-dealkylation sites (N-methyl/N-ethyl adjacent to an activating group) is 1. The molecule has 0 unspecified atom stereocenters. The average Bonchev–Trinajstić information content (AvgIpc) is 3.77. The monoisotopic (exact) mass is 904 g/mol. The van der Waals surface area contributed by atoms with Gasteiger partial charge in [-0.05, 0) is 105 Å². The summed E-state index contributed by atoms with van der Waals surface area (Å²) in [6.07, 6.45) is 9.04. The molecule has 1 spiro atoms. The zero-order valence-corrected chi connectivity index (χ0v) is 37.7. The van der Waals surface area contributed by atoms with Crippen LogP contribution in [0.25, 0.3) is 11.0 Å². The molecule has 65 heavy (non-hydrogen) atoms. The number of pyridine rings is 2. The topological polar surface area (TPSA) is 191 Å². The lowest BCUT2D eigenvalue weighted by Crippen LogP contribution is -2.59. The Bertz CT molecular complexity index is 2710. The first kappa shape index (κ1) is 43.1. The molecule has 4 aliphatic heterocycles. The Hall–Kier alpha value is -5.82. The molecule has 17 nitrogen and oxygen atoms in total. The van der Waals surface area contributed by atoms with E-state index in [1.807, 2.05) is 29.2 Å². The van der Waals surface area contributed by atoms with E-state index in [1.54, 1.807) is 12.3 Å². The van der Waals surface area contributed by atoms with Crippen LogP contribution in [0.5, 0.6) is 5.88 Å². The van der Waals surface area contributed by atoms with Crippen LogP contribution >= 0.6 is 0 Å². The summed E-state index contributed by atoms with van der Waals surface area (Å²) in [4.78, 5) is 47.3. The molecule has 1 atom stereocenters. The Morgan fingerprint density at radius 2 is 1.78 bits per heavy atom. The molecule has 10 rings (SSSR count). The maximum absolute atomic E-state index is 14.3. The number of aryl methyl sites for hydroxylation is 1. The lowest BCUT2D eigenvalue weighted by Gasteiger charge is -2.58. The highest BCUT2D eigenvalue weighted by molar-refractivity contribution is 7.90. The van der Waals surface area contributed by atoms with Gasteiger partial charge in [0.1, 0.15) is 23.6 Å². The number of hydrogen-bond acceptors (Lipinski definition) is 14. The van der Waals surface area contributed by atoms with E-state index in [2.05, 4.69) is 72.9 Å². The number of nitrogens with one attached hydrogen (secondary N) is 3. The minimum Gasteiger partial charge on any atom is -0.474 e. The van der Waals surface area contributed by atoms with E-state index in [0.29, 0.717) is 61.3 Å². The van der Waals surface area contributed by atoms with Crippen molar-refractivity contribution in [3.63, 3.8) is 0 Å². The summed E-state index contributed by atoms with van der Waals surface area (Å²) in [6, 6.07) is 20.0. The summed E-state index contributed by atoms with van der Waals surface area (Å²) in [5.41, 5.74) is 5.54. The molecule has 7 heterocycles. The van der Waals surface area contributed by atoms with Crippen LogP contribution in [-0.4, -0.2) is 123 Å². The number of nitrogens with zero attached hydrogens (tertiary/aromatic N) is 7. The van der Waals surface area contributed by atoms with Crippen LogP contribution in [-0.2, 0) is 14.8 Å². The summed E-state index contributed by atoms with van der Waals surface area (Å²) >= 11 is 0. The second kappa shape index (κ2) is 17.5. The summed E-state index contributed by atoms with van der Waals surface area (Å²) in [6.45, 7) is 9.45. The van der Waals surface area contributed by atoms with Crippen molar-refractivity contribution in [3.8, 4) is 5.88 Å². The van der Waals surface area contributed by atoms with E-state index in [1.165, 1.54) is 24.0 Å². The molecule has 4 fully saturated rings. The van der Waals surface area contributed by atoms with Gasteiger partial charge in [0.25, 0.3) is 21.6 Å². The van der Waals surface area contributed by atoms with Crippen molar-refractivity contribution in [3.05, 3.63) is 99.9 Å². The fraction of sp³-hybridized carbons (Fsp3) is 0.468. The third kappa shape index (κ3) is 8.59. The van der Waals surface area contributed by atoms with Crippen LogP contribution in [0, 0.1) is 28.4 Å². The maximum atomic E-state index is 14.3. The zero-order valence-electron chi connectivity index (χ0n) is 36.9. The van der Waals surface area contributed by atoms with Crippen molar-refractivity contribution >= 4 is 55.4 Å². The largest absolute Gasteiger partial charge is 0.474 e. The first-order chi connectivity index (χ1) is 31.4. The van der Waals surface area contributed by atoms with Gasteiger partial charge in [0, 0.05) is 81.8 Å². The van der Waals surface area contributed by atoms with Crippen LogP contribution in [0.1, 0.15) is 66.1 Å². The van der Waals surface area contributed by atoms with Gasteiger partial charge < -0.3 is 34.5 Å². The van der Waals surface area contributed by atoms with Crippen molar-refractivity contribution < 1.29 is 27.6 Å². The van der Waals surface area contributed by atoms with Crippen LogP contribution in [0.3, 0.4) is 0 Å². The molecule has 5 aromatic rings. The molecular weight excluding hydrogens is 849 g/mol. The molecule has 0 bridgehead atoms. The number of nitro groups is 1. The number of carbonyl (C=O) groups excluding carboxylic acids is 1.